The molecule has 0 aromatic heterocycles. The smallest absolute Gasteiger partial charge is 0.420 e. The summed E-state index contributed by atoms with van der Waals surface area (Å²) in [6.45, 7) is 1.40. The van der Waals surface area contributed by atoms with E-state index in [2.05, 4.69) is 5.32 Å². The quantitative estimate of drug-likeness (QED) is 0.296. The van der Waals surface area contributed by atoms with E-state index in [1.165, 1.54) is 25.1 Å². The number of hydrogen-bond donors (Lipinski definition) is 2. The summed E-state index contributed by atoms with van der Waals surface area (Å²) in [7, 11) is -4.59. The first kappa shape index (κ1) is 26.3. The second kappa shape index (κ2) is 10.3. The number of carbonyl (C=O) groups excluding carboxylic acids is 5. The monoisotopic (exact) mass is 548 g/mol. The zero-order chi connectivity index (χ0) is 26.9. The fraction of sp³-hybridized carbons (Fsp3) is 0.261. The van der Waals surface area contributed by atoms with E-state index in [0.717, 1.165) is 17.8 Å². The Hall–Kier alpha value is -3.75. The number of fused-ring (bicyclic) bond motifs is 3. The van der Waals surface area contributed by atoms with E-state index in [0.29, 0.717) is 33.2 Å². The highest BCUT2D eigenvalue weighted by Gasteiger charge is 2.37. The Balaban J connectivity index is 1.63. The van der Waals surface area contributed by atoms with Crippen molar-refractivity contribution in [2.24, 2.45) is 0 Å². The fourth-order valence-electron chi connectivity index (χ4n) is 3.92. The van der Waals surface area contributed by atoms with Crippen molar-refractivity contribution in [3.05, 3.63) is 47.5 Å². The SMILES string of the molecule is CC(=O)SCCC(=O)Nc1ccc2c(c1)C(OC(=O)ON1C(=O)CCC1=O)c1cc(S(=O)(=O)O)ccc1-2. The van der Waals surface area contributed by atoms with E-state index in [-0.39, 0.29) is 35.8 Å². The zero-order valence-corrected chi connectivity index (χ0v) is 20.9. The summed E-state index contributed by atoms with van der Waals surface area (Å²) in [4.78, 5) is 63.8. The number of benzene rings is 2. The number of nitrogens with one attached hydrogen (secondary N) is 1. The predicted octanol–water partition coefficient (Wildman–Crippen LogP) is 2.83. The van der Waals surface area contributed by atoms with Crippen molar-refractivity contribution in [2.45, 2.75) is 37.2 Å². The van der Waals surface area contributed by atoms with Crippen LogP contribution in [0.2, 0.25) is 0 Å². The van der Waals surface area contributed by atoms with Gasteiger partial charge in [-0.15, -0.1) is 0 Å². The molecule has 3 amide bonds. The van der Waals surface area contributed by atoms with Gasteiger partial charge in [0.05, 0.1) is 4.90 Å². The first-order chi connectivity index (χ1) is 17.4. The summed E-state index contributed by atoms with van der Waals surface area (Å²) in [5, 5.41) is 2.88. The van der Waals surface area contributed by atoms with Crippen LogP contribution in [0.1, 0.15) is 43.4 Å². The molecule has 2 N–H and O–H groups in total. The summed E-state index contributed by atoms with van der Waals surface area (Å²) >= 11 is 1.01. The summed E-state index contributed by atoms with van der Waals surface area (Å²) in [6, 6.07) is 8.48. The number of carbonyl (C=O) groups is 5. The number of imide groups is 1. The van der Waals surface area contributed by atoms with Crippen LogP contribution in [-0.2, 0) is 38.9 Å². The van der Waals surface area contributed by atoms with Crippen LogP contribution >= 0.6 is 11.8 Å². The Labute approximate surface area is 215 Å². The minimum atomic E-state index is -4.59. The van der Waals surface area contributed by atoms with E-state index >= 15 is 0 Å². The van der Waals surface area contributed by atoms with Crippen molar-refractivity contribution in [3.63, 3.8) is 0 Å². The van der Waals surface area contributed by atoms with Crippen molar-refractivity contribution < 1.29 is 46.5 Å². The molecule has 1 heterocycles. The Morgan fingerprint density at radius 2 is 1.68 bits per heavy atom. The van der Waals surface area contributed by atoms with Gasteiger partial charge in [-0.05, 0) is 35.4 Å². The molecule has 1 atom stereocenters. The molecule has 37 heavy (non-hydrogen) atoms. The number of anilines is 1. The van der Waals surface area contributed by atoms with Gasteiger partial charge in [0, 0.05) is 48.8 Å². The number of hydroxylamine groups is 2. The van der Waals surface area contributed by atoms with Gasteiger partial charge in [-0.2, -0.15) is 8.42 Å². The largest absolute Gasteiger partial charge is 0.534 e. The molecule has 0 saturated carbocycles. The summed E-state index contributed by atoms with van der Waals surface area (Å²) in [6.07, 6.45) is -2.80. The van der Waals surface area contributed by atoms with Gasteiger partial charge in [0.2, 0.25) is 5.91 Å². The Morgan fingerprint density at radius 1 is 1.05 bits per heavy atom. The summed E-state index contributed by atoms with van der Waals surface area (Å²) < 4.78 is 38.3. The second-order valence-corrected chi connectivity index (χ2v) is 10.8. The molecule has 1 saturated heterocycles. The molecule has 2 aromatic rings. The molecule has 1 aliphatic heterocycles. The number of thioether (sulfide) groups is 1. The average molecular weight is 549 g/mol. The lowest BCUT2D eigenvalue weighted by atomic mass is 10.1. The molecular weight excluding hydrogens is 528 g/mol. The Kier molecular flexibility index (Phi) is 7.34. The number of hydrogen-bond acceptors (Lipinski definition) is 10. The van der Waals surface area contributed by atoms with Gasteiger partial charge in [-0.25, -0.2) is 4.79 Å². The molecule has 12 nitrogen and oxygen atoms in total. The van der Waals surface area contributed by atoms with Crippen LogP contribution in [0.5, 0.6) is 0 Å². The number of amides is 3. The summed E-state index contributed by atoms with van der Waals surface area (Å²) in [5.41, 5.74) is 1.93. The molecular formula is C23H20N2O10S2. The van der Waals surface area contributed by atoms with Gasteiger partial charge >= 0.3 is 6.16 Å². The normalized spacial score (nSPS) is 16.3. The van der Waals surface area contributed by atoms with Gasteiger partial charge < -0.3 is 10.1 Å². The third-order valence-electron chi connectivity index (χ3n) is 5.53. The lowest BCUT2D eigenvalue weighted by molar-refractivity contribution is -0.178. The lowest BCUT2D eigenvalue weighted by Gasteiger charge is -2.18. The highest BCUT2D eigenvalue weighted by atomic mass is 32.2. The van der Waals surface area contributed by atoms with Crippen LogP contribution < -0.4 is 5.32 Å². The topological polar surface area (TPSA) is 173 Å². The van der Waals surface area contributed by atoms with E-state index in [1.807, 2.05) is 0 Å². The molecule has 1 fully saturated rings. The van der Waals surface area contributed by atoms with Gasteiger partial charge in [-0.3, -0.25) is 28.6 Å². The van der Waals surface area contributed by atoms with Gasteiger partial charge in [0.15, 0.2) is 11.2 Å². The van der Waals surface area contributed by atoms with E-state index in [9.17, 15) is 36.9 Å². The molecule has 14 heteroatoms. The average Bonchev–Trinajstić information content (AvgIpc) is 3.29. The summed E-state index contributed by atoms with van der Waals surface area (Å²) in [5.74, 6) is -1.49. The fourth-order valence-corrected chi connectivity index (χ4v) is 5.01. The minimum Gasteiger partial charge on any atom is -0.420 e. The highest BCUT2D eigenvalue weighted by Crippen LogP contribution is 2.47. The lowest BCUT2D eigenvalue weighted by Crippen LogP contribution is -2.32. The van der Waals surface area contributed by atoms with E-state index in [1.54, 1.807) is 12.1 Å². The molecule has 0 spiro atoms. The van der Waals surface area contributed by atoms with Crippen LogP contribution in [0, 0.1) is 0 Å². The molecule has 2 aliphatic rings. The van der Waals surface area contributed by atoms with Crippen molar-refractivity contribution in [1.29, 1.82) is 0 Å². The number of rotatable bonds is 7. The maximum atomic E-state index is 12.5. The first-order valence-corrected chi connectivity index (χ1v) is 13.3. The third-order valence-corrected chi connectivity index (χ3v) is 7.20. The Morgan fingerprint density at radius 3 is 2.30 bits per heavy atom. The zero-order valence-electron chi connectivity index (χ0n) is 19.3. The minimum absolute atomic E-state index is 0.0728. The predicted molar refractivity (Wildman–Crippen MR) is 129 cm³/mol. The first-order valence-electron chi connectivity index (χ1n) is 10.9. The van der Waals surface area contributed by atoms with Crippen LogP contribution in [-0.4, -0.2) is 52.8 Å². The van der Waals surface area contributed by atoms with Crippen LogP contribution in [0.25, 0.3) is 11.1 Å². The molecule has 194 valence electrons. The third kappa shape index (κ3) is 5.81. The molecule has 0 radical (unpaired) electrons. The molecule has 1 aliphatic carbocycles. The number of ether oxygens (including phenoxy) is 1. The van der Waals surface area contributed by atoms with Crippen LogP contribution in [0.4, 0.5) is 10.5 Å². The molecule has 4 rings (SSSR count). The number of nitrogens with zero attached hydrogens (tertiary/aromatic N) is 1. The van der Waals surface area contributed by atoms with Gasteiger partial charge in [-0.1, -0.05) is 29.0 Å². The van der Waals surface area contributed by atoms with Gasteiger partial charge in [0.25, 0.3) is 21.9 Å². The Bertz CT molecular complexity index is 1420. The molecule has 0 bridgehead atoms. The standard InChI is InChI=1S/C23H20N2O10S2/c1-12(26)36-9-8-19(27)24-13-2-4-15-16-5-3-14(37(31,32)33)11-18(16)22(17(15)10-13)34-23(30)35-25-20(28)6-7-21(25)29/h2-5,10-11,22H,6-9H2,1H3,(H,24,27)(H,31,32,33). The maximum Gasteiger partial charge on any atom is 0.534 e. The van der Waals surface area contributed by atoms with Crippen LogP contribution in [0.3, 0.4) is 0 Å². The van der Waals surface area contributed by atoms with Crippen LogP contribution in [0.15, 0.2) is 41.3 Å². The van der Waals surface area contributed by atoms with Crippen molar-refractivity contribution in [1.82, 2.24) is 5.06 Å². The van der Waals surface area contributed by atoms with Crippen molar-refractivity contribution in [3.8, 4) is 11.1 Å². The highest BCUT2D eigenvalue weighted by molar-refractivity contribution is 8.13. The second-order valence-electron chi connectivity index (χ2n) is 8.09. The maximum absolute atomic E-state index is 12.5. The molecule has 1 unspecified atom stereocenters. The van der Waals surface area contributed by atoms with Crippen molar-refractivity contribution in [2.75, 3.05) is 11.1 Å². The van der Waals surface area contributed by atoms with Crippen molar-refractivity contribution >= 4 is 56.6 Å². The molecule has 2 aromatic carbocycles. The van der Waals surface area contributed by atoms with E-state index in [4.69, 9.17) is 9.57 Å². The van der Waals surface area contributed by atoms with Gasteiger partial charge in [0.1, 0.15) is 0 Å². The van der Waals surface area contributed by atoms with E-state index < -0.39 is 39.1 Å².